The highest BCUT2D eigenvalue weighted by molar-refractivity contribution is 5.09. The van der Waals surface area contributed by atoms with E-state index < -0.39 is 11.4 Å². The molecule has 6 nitrogen and oxygen atoms in total. The van der Waals surface area contributed by atoms with Crippen LogP contribution in [0.1, 0.15) is 52.9 Å². The third kappa shape index (κ3) is 2.99. The van der Waals surface area contributed by atoms with E-state index in [9.17, 15) is 0 Å². The Bertz CT molecular complexity index is 555. The molecule has 2 bridgehead atoms. The van der Waals surface area contributed by atoms with E-state index in [-0.39, 0.29) is 12.4 Å². The number of hydrogen-bond donors (Lipinski definition) is 0. The van der Waals surface area contributed by atoms with Crippen LogP contribution >= 0.6 is 0 Å². The van der Waals surface area contributed by atoms with Gasteiger partial charge in [-0.25, -0.2) is 9.78 Å². The van der Waals surface area contributed by atoms with Gasteiger partial charge in [0.25, 0.3) is 0 Å². The van der Waals surface area contributed by atoms with E-state index in [4.69, 9.17) is 24.0 Å². The standard InChI is InChI=1S/C21H35NO5/c1-14-4-5-17-15(2)18(7-9-22-10-12-23-13-11-22)24-19-21(17)16(14)6-8-20(3,25-19)26-27-21/h14-19H,4-13H2,1-3H3/t14-,15-,16+,17+,18-,19-,20-,21-/m1/s1. The average Bonchev–Trinajstić information content (AvgIpc) is 2.90. The summed E-state index contributed by atoms with van der Waals surface area (Å²) in [5, 5.41) is 0. The van der Waals surface area contributed by atoms with E-state index in [0.717, 1.165) is 52.1 Å². The fourth-order valence-electron chi connectivity index (χ4n) is 6.44. The van der Waals surface area contributed by atoms with Crippen molar-refractivity contribution < 1.29 is 24.0 Å². The van der Waals surface area contributed by atoms with Gasteiger partial charge < -0.3 is 14.2 Å². The molecule has 0 amide bonds. The van der Waals surface area contributed by atoms with Gasteiger partial charge in [-0.3, -0.25) is 4.90 Å². The quantitative estimate of drug-likeness (QED) is 0.701. The van der Waals surface area contributed by atoms with E-state index in [1.807, 2.05) is 6.92 Å². The van der Waals surface area contributed by atoms with Crippen LogP contribution in [0.25, 0.3) is 0 Å². The summed E-state index contributed by atoms with van der Waals surface area (Å²) in [6.07, 6.45) is 5.38. The molecule has 27 heavy (non-hydrogen) atoms. The monoisotopic (exact) mass is 381 g/mol. The minimum absolute atomic E-state index is 0.217. The Balaban J connectivity index is 1.38. The van der Waals surface area contributed by atoms with Gasteiger partial charge in [0.05, 0.1) is 19.3 Å². The van der Waals surface area contributed by atoms with Crippen molar-refractivity contribution in [2.75, 3.05) is 32.8 Å². The van der Waals surface area contributed by atoms with Crippen molar-refractivity contribution >= 4 is 0 Å². The number of morpholine rings is 1. The second-order valence-corrected chi connectivity index (χ2v) is 9.69. The lowest BCUT2D eigenvalue weighted by atomic mass is 9.57. The lowest BCUT2D eigenvalue weighted by molar-refractivity contribution is -0.571. The molecule has 6 aliphatic rings. The van der Waals surface area contributed by atoms with Crippen molar-refractivity contribution in [1.29, 1.82) is 0 Å². The second kappa shape index (κ2) is 6.92. The first-order valence-corrected chi connectivity index (χ1v) is 11.0. The largest absolute Gasteiger partial charge is 0.379 e. The molecular weight excluding hydrogens is 346 g/mol. The van der Waals surface area contributed by atoms with Gasteiger partial charge in [-0.15, -0.1) is 0 Å². The van der Waals surface area contributed by atoms with Gasteiger partial charge in [0.1, 0.15) is 0 Å². The third-order valence-corrected chi connectivity index (χ3v) is 8.13. The SMILES string of the molecule is C[C@H]1[C@@H](CCN2CCOCC2)O[C@@H]2O[C@@]3(C)CC[C@H]4[C@H](C)CC[C@@H]1[C@@]24OO3. The van der Waals surface area contributed by atoms with Crippen LogP contribution in [0.15, 0.2) is 0 Å². The van der Waals surface area contributed by atoms with Crippen LogP contribution in [0, 0.1) is 23.7 Å². The molecule has 5 aliphatic heterocycles. The summed E-state index contributed by atoms with van der Waals surface area (Å²) in [5.41, 5.74) is -0.428. The zero-order valence-corrected chi connectivity index (χ0v) is 17.0. The first-order valence-electron chi connectivity index (χ1n) is 11.0. The van der Waals surface area contributed by atoms with Gasteiger partial charge in [0, 0.05) is 32.0 Å². The molecular formula is C21H35NO5. The Labute approximate surface area is 162 Å². The summed E-state index contributed by atoms with van der Waals surface area (Å²) < 4.78 is 18.6. The lowest BCUT2D eigenvalue weighted by Gasteiger charge is -2.60. The van der Waals surface area contributed by atoms with Gasteiger partial charge in [0.15, 0.2) is 11.9 Å². The van der Waals surface area contributed by atoms with Crippen molar-refractivity contribution in [2.24, 2.45) is 23.7 Å². The molecule has 0 aromatic rings. The number of rotatable bonds is 3. The van der Waals surface area contributed by atoms with Crippen LogP contribution in [0.5, 0.6) is 0 Å². The molecule has 1 spiro atoms. The summed E-state index contributed by atoms with van der Waals surface area (Å²) in [6, 6.07) is 0. The summed E-state index contributed by atoms with van der Waals surface area (Å²) >= 11 is 0. The van der Waals surface area contributed by atoms with E-state index in [0.29, 0.717) is 23.7 Å². The molecule has 0 unspecified atom stereocenters. The van der Waals surface area contributed by atoms with Gasteiger partial charge >= 0.3 is 0 Å². The van der Waals surface area contributed by atoms with Crippen molar-refractivity contribution in [1.82, 2.24) is 4.90 Å². The van der Waals surface area contributed by atoms with Crippen molar-refractivity contribution in [3.63, 3.8) is 0 Å². The molecule has 0 aromatic carbocycles. The predicted molar refractivity (Wildman–Crippen MR) is 98.7 cm³/mol. The van der Waals surface area contributed by atoms with Crippen LogP contribution in [0.2, 0.25) is 0 Å². The van der Waals surface area contributed by atoms with Crippen molar-refractivity contribution in [2.45, 2.75) is 76.7 Å². The minimum atomic E-state index is -0.674. The minimum Gasteiger partial charge on any atom is -0.379 e. The highest BCUT2D eigenvalue weighted by atomic mass is 17.3. The van der Waals surface area contributed by atoms with Gasteiger partial charge in [-0.2, -0.15) is 0 Å². The maximum atomic E-state index is 6.66. The van der Waals surface area contributed by atoms with Gasteiger partial charge in [-0.05, 0) is 50.4 Å². The highest BCUT2D eigenvalue weighted by Gasteiger charge is 2.69. The molecule has 5 heterocycles. The van der Waals surface area contributed by atoms with E-state index in [1.54, 1.807) is 0 Å². The summed E-state index contributed by atoms with van der Waals surface area (Å²) in [5.74, 6) is 1.29. The number of fused-ring (bicyclic) bond motifs is 2. The molecule has 8 atom stereocenters. The van der Waals surface area contributed by atoms with Crippen LogP contribution in [0.3, 0.4) is 0 Å². The Morgan fingerprint density at radius 1 is 1.00 bits per heavy atom. The summed E-state index contributed by atoms with van der Waals surface area (Å²) in [6.45, 7) is 11.6. The number of nitrogens with zero attached hydrogens (tertiary/aromatic N) is 1. The second-order valence-electron chi connectivity index (χ2n) is 9.69. The fourth-order valence-corrected chi connectivity index (χ4v) is 6.44. The predicted octanol–water partition coefficient (Wildman–Crippen LogP) is 2.96. The number of hydrogen-bond acceptors (Lipinski definition) is 6. The van der Waals surface area contributed by atoms with Crippen LogP contribution in [-0.4, -0.2) is 61.5 Å². The molecule has 5 saturated heterocycles. The molecule has 1 saturated carbocycles. The highest BCUT2D eigenvalue weighted by Crippen LogP contribution is 2.60. The van der Waals surface area contributed by atoms with Crippen LogP contribution in [-0.2, 0) is 24.0 Å². The van der Waals surface area contributed by atoms with Crippen molar-refractivity contribution in [3.8, 4) is 0 Å². The third-order valence-electron chi connectivity index (χ3n) is 8.13. The molecule has 1 aliphatic carbocycles. The van der Waals surface area contributed by atoms with E-state index >= 15 is 0 Å². The Morgan fingerprint density at radius 2 is 1.81 bits per heavy atom. The Hall–Kier alpha value is -0.240. The molecule has 6 heteroatoms. The summed E-state index contributed by atoms with van der Waals surface area (Å²) in [4.78, 5) is 14.6. The topological polar surface area (TPSA) is 49.4 Å². The Morgan fingerprint density at radius 3 is 2.63 bits per heavy atom. The zero-order chi connectivity index (χ0) is 18.6. The molecule has 0 aromatic heterocycles. The molecule has 6 fully saturated rings. The maximum absolute atomic E-state index is 6.66. The maximum Gasteiger partial charge on any atom is 0.201 e. The van der Waals surface area contributed by atoms with E-state index in [2.05, 4.69) is 18.7 Å². The molecule has 0 radical (unpaired) electrons. The van der Waals surface area contributed by atoms with Gasteiger partial charge in [0.2, 0.25) is 5.79 Å². The van der Waals surface area contributed by atoms with Gasteiger partial charge in [-0.1, -0.05) is 13.8 Å². The molecule has 0 N–H and O–H groups in total. The first kappa shape index (κ1) is 18.8. The lowest BCUT2D eigenvalue weighted by Crippen LogP contribution is -2.70. The Kier molecular flexibility index (Phi) is 4.81. The summed E-state index contributed by atoms with van der Waals surface area (Å²) in [7, 11) is 0. The van der Waals surface area contributed by atoms with Crippen molar-refractivity contribution in [3.05, 3.63) is 0 Å². The molecule has 6 rings (SSSR count). The van der Waals surface area contributed by atoms with Crippen LogP contribution < -0.4 is 0 Å². The van der Waals surface area contributed by atoms with E-state index in [1.165, 1.54) is 12.8 Å². The fraction of sp³-hybridized carbons (Fsp3) is 1.00. The normalized spacial score (nSPS) is 53.0. The van der Waals surface area contributed by atoms with Crippen LogP contribution in [0.4, 0.5) is 0 Å². The molecule has 154 valence electrons. The average molecular weight is 382 g/mol. The number of ether oxygens (including phenoxy) is 3. The zero-order valence-electron chi connectivity index (χ0n) is 17.0. The smallest absolute Gasteiger partial charge is 0.201 e. The first-order chi connectivity index (χ1) is 13.0.